The number of carbonyl (C=O) groups excluding carboxylic acids is 1. The number of nitrogens with one attached hydrogen (secondary N) is 2. The molecule has 1 aliphatic carbocycles. The Balaban J connectivity index is 1.53. The lowest BCUT2D eigenvalue weighted by Crippen LogP contribution is -2.36. The number of urea groups is 1. The molecule has 1 aromatic heterocycles. The number of fused-ring (bicyclic) bond motifs is 1. The first-order chi connectivity index (χ1) is 10.8. The second-order valence-corrected chi connectivity index (χ2v) is 5.33. The highest BCUT2D eigenvalue weighted by Gasteiger charge is 2.23. The van der Waals surface area contributed by atoms with Crippen LogP contribution in [0.25, 0.3) is 0 Å². The molecule has 1 heterocycles. The Bertz CT molecular complexity index is 655. The van der Waals surface area contributed by atoms with Gasteiger partial charge in [0.15, 0.2) is 0 Å². The van der Waals surface area contributed by atoms with Crippen molar-refractivity contribution in [2.24, 2.45) is 0 Å². The lowest BCUT2D eigenvalue weighted by atomic mass is 10.1. The van der Waals surface area contributed by atoms with E-state index in [4.69, 9.17) is 4.74 Å². The third-order valence-corrected chi connectivity index (χ3v) is 3.90. The fourth-order valence-corrected chi connectivity index (χ4v) is 2.73. The van der Waals surface area contributed by atoms with Crippen LogP contribution in [0.2, 0.25) is 0 Å². The van der Waals surface area contributed by atoms with E-state index in [2.05, 4.69) is 27.8 Å². The van der Waals surface area contributed by atoms with Gasteiger partial charge in [-0.1, -0.05) is 30.3 Å². The predicted molar refractivity (Wildman–Crippen MR) is 83.7 cm³/mol. The molecule has 0 radical (unpaired) electrons. The summed E-state index contributed by atoms with van der Waals surface area (Å²) in [5.41, 5.74) is 3.48. The molecule has 0 bridgehead atoms. The van der Waals surface area contributed by atoms with E-state index in [0.29, 0.717) is 12.4 Å². The van der Waals surface area contributed by atoms with E-state index in [1.807, 2.05) is 18.2 Å². The third-order valence-electron chi connectivity index (χ3n) is 3.90. The van der Waals surface area contributed by atoms with Gasteiger partial charge in [0.1, 0.15) is 0 Å². The Hall–Kier alpha value is -2.56. The van der Waals surface area contributed by atoms with Crippen LogP contribution in [0.5, 0.6) is 5.88 Å². The highest BCUT2D eigenvalue weighted by molar-refractivity contribution is 5.74. The molecule has 1 atom stereocenters. The maximum Gasteiger partial charge on any atom is 0.315 e. The van der Waals surface area contributed by atoms with Gasteiger partial charge in [-0.3, -0.25) is 0 Å². The Labute approximate surface area is 129 Å². The van der Waals surface area contributed by atoms with Gasteiger partial charge in [-0.05, 0) is 29.5 Å². The second kappa shape index (κ2) is 6.47. The van der Waals surface area contributed by atoms with Crippen LogP contribution in [0.3, 0.4) is 0 Å². The maximum atomic E-state index is 12.0. The van der Waals surface area contributed by atoms with Crippen molar-refractivity contribution in [2.45, 2.75) is 25.4 Å². The van der Waals surface area contributed by atoms with Crippen molar-refractivity contribution in [1.82, 2.24) is 15.6 Å². The molecular weight excluding hydrogens is 278 g/mol. The molecule has 2 N–H and O–H groups in total. The SMILES string of the molecule is COc1ccc(CNC(=O)NC2CCc3ccccc32)cn1. The van der Waals surface area contributed by atoms with E-state index in [0.717, 1.165) is 18.4 Å². The molecule has 114 valence electrons. The molecule has 1 unspecified atom stereocenters. The third kappa shape index (κ3) is 3.19. The van der Waals surface area contributed by atoms with E-state index < -0.39 is 0 Å². The van der Waals surface area contributed by atoms with Crippen molar-refractivity contribution < 1.29 is 9.53 Å². The zero-order chi connectivity index (χ0) is 15.4. The van der Waals surface area contributed by atoms with Crippen LogP contribution in [-0.4, -0.2) is 18.1 Å². The number of pyridine rings is 1. The average Bonchev–Trinajstić information content (AvgIpc) is 2.97. The lowest BCUT2D eigenvalue weighted by Gasteiger charge is -2.15. The van der Waals surface area contributed by atoms with Crippen LogP contribution >= 0.6 is 0 Å². The second-order valence-electron chi connectivity index (χ2n) is 5.33. The molecule has 1 aromatic carbocycles. The smallest absolute Gasteiger partial charge is 0.315 e. The topological polar surface area (TPSA) is 63.2 Å². The fourth-order valence-electron chi connectivity index (χ4n) is 2.73. The van der Waals surface area contributed by atoms with Crippen molar-refractivity contribution in [3.05, 3.63) is 59.3 Å². The van der Waals surface area contributed by atoms with Crippen molar-refractivity contribution in [2.75, 3.05) is 7.11 Å². The number of nitrogens with zero attached hydrogens (tertiary/aromatic N) is 1. The number of benzene rings is 1. The van der Waals surface area contributed by atoms with Crippen molar-refractivity contribution in [3.8, 4) is 5.88 Å². The van der Waals surface area contributed by atoms with E-state index in [9.17, 15) is 4.79 Å². The largest absolute Gasteiger partial charge is 0.481 e. The number of methoxy groups -OCH3 is 1. The minimum atomic E-state index is -0.155. The molecular formula is C17H19N3O2. The predicted octanol–water partition coefficient (Wildman–Crippen LogP) is 2.58. The Kier molecular flexibility index (Phi) is 4.23. The summed E-state index contributed by atoms with van der Waals surface area (Å²) in [5.74, 6) is 0.566. The zero-order valence-corrected chi connectivity index (χ0v) is 12.5. The van der Waals surface area contributed by atoms with E-state index >= 15 is 0 Å². The molecule has 0 saturated carbocycles. The number of rotatable bonds is 4. The minimum Gasteiger partial charge on any atom is -0.481 e. The van der Waals surface area contributed by atoms with Crippen LogP contribution in [0.15, 0.2) is 42.6 Å². The number of carbonyl (C=O) groups is 1. The summed E-state index contributed by atoms with van der Waals surface area (Å²) in [7, 11) is 1.58. The molecule has 5 nitrogen and oxygen atoms in total. The number of ether oxygens (including phenoxy) is 1. The van der Waals surface area contributed by atoms with Crippen molar-refractivity contribution >= 4 is 6.03 Å². The molecule has 22 heavy (non-hydrogen) atoms. The molecule has 1 aliphatic rings. The van der Waals surface area contributed by atoms with E-state index in [1.54, 1.807) is 19.4 Å². The quantitative estimate of drug-likeness (QED) is 0.911. The molecule has 2 amide bonds. The molecule has 2 aromatic rings. The molecule has 0 saturated heterocycles. The first-order valence-electron chi connectivity index (χ1n) is 7.37. The Morgan fingerprint density at radius 3 is 2.95 bits per heavy atom. The van der Waals surface area contributed by atoms with Gasteiger partial charge in [0.2, 0.25) is 5.88 Å². The Morgan fingerprint density at radius 1 is 1.32 bits per heavy atom. The van der Waals surface area contributed by atoms with E-state index in [-0.39, 0.29) is 12.1 Å². The summed E-state index contributed by atoms with van der Waals surface area (Å²) >= 11 is 0. The summed E-state index contributed by atoms with van der Waals surface area (Å²) in [5, 5.41) is 5.90. The van der Waals surface area contributed by atoms with Crippen LogP contribution in [-0.2, 0) is 13.0 Å². The molecule has 0 fully saturated rings. The van der Waals surface area contributed by atoms with Gasteiger partial charge in [0.25, 0.3) is 0 Å². The highest BCUT2D eigenvalue weighted by Crippen LogP contribution is 2.30. The minimum absolute atomic E-state index is 0.102. The van der Waals surface area contributed by atoms with Crippen LogP contribution in [0.1, 0.15) is 29.2 Å². The molecule has 5 heteroatoms. The summed E-state index contributed by atoms with van der Waals surface area (Å²) in [4.78, 5) is 16.2. The van der Waals surface area contributed by atoms with Crippen LogP contribution < -0.4 is 15.4 Å². The number of hydrogen-bond acceptors (Lipinski definition) is 3. The first-order valence-corrected chi connectivity index (χ1v) is 7.37. The average molecular weight is 297 g/mol. The molecule has 0 aliphatic heterocycles. The normalized spacial score (nSPS) is 16.0. The fraction of sp³-hybridized carbons (Fsp3) is 0.294. The van der Waals surface area contributed by atoms with Gasteiger partial charge in [0, 0.05) is 18.8 Å². The van der Waals surface area contributed by atoms with Gasteiger partial charge in [-0.15, -0.1) is 0 Å². The van der Waals surface area contributed by atoms with E-state index in [1.165, 1.54) is 11.1 Å². The van der Waals surface area contributed by atoms with Gasteiger partial charge in [-0.2, -0.15) is 0 Å². The Morgan fingerprint density at radius 2 is 2.18 bits per heavy atom. The van der Waals surface area contributed by atoms with Crippen LogP contribution in [0, 0.1) is 0 Å². The summed E-state index contributed by atoms with van der Waals surface area (Å²) in [6.45, 7) is 0.442. The summed E-state index contributed by atoms with van der Waals surface area (Å²) < 4.78 is 5.01. The first kappa shape index (κ1) is 14.4. The number of amides is 2. The summed E-state index contributed by atoms with van der Waals surface area (Å²) in [6.07, 6.45) is 3.67. The van der Waals surface area contributed by atoms with Gasteiger partial charge in [0.05, 0.1) is 13.2 Å². The van der Waals surface area contributed by atoms with Gasteiger partial charge < -0.3 is 15.4 Å². The van der Waals surface area contributed by atoms with Crippen LogP contribution in [0.4, 0.5) is 4.79 Å². The molecule has 0 spiro atoms. The standard InChI is InChI=1S/C17H19N3O2/c1-22-16-9-6-12(10-18-16)11-19-17(21)20-15-8-7-13-4-2-3-5-14(13)15/h2-6,9-10,15H,7-8,11H2,1H3,(H2,19,20,21). The number of aromatic nitrogens is 1. The number of hydrogen-bond donors (Lipinski definition) is 2. The van der Waals surface area contributed by atoms with Gasteiger partial charge in [-0.25, -0.2) is 9.78 Å². The maximum absolute atomic E-state index is 12.0. The van der Waals surface area contributed by atoms with Crippen molar-refractivity contribution in [1.29, 1.82) is 0 Å². The monoisotopic (exact) mass is 297 g/mol. The zero-order valence-electron chi connectivity index (χ0n) is 12.5. The van der Waals surface area contributed by atoms with Gasteiger partial charge >= 0.3 is 6.03 Å². The summed E-state index contributed by atoms with van der Waals surface area (Å²) in [6, 6.07) is 11.9. The molecule has 3 rings (SSSR count). The highest BCUT2D eigenvalue weighted by atomic mass is 16.5. The number of aryl methyl sites for hydroxylation is 1. The van der Waals surface area contributed by atoms with Crippen molar-refractivity contribution in [3.63, 3.8) is 0 Å². The lowest BCUT2D eigenvalue weighted by molar-refractivity contribution is 0.236.